The number of esters is 1. The molecule has 1 saturated heterocycles. The van der Waals surface area contributed by atoms with Crippen LogP contribution >= 0.6 is 12.4 Å². The van der Waals surface area contributed by atoms with Crippen molar-refractivity contribution in [2.75, 3.05) is 11.9 Å². The SMILES string of the molecule is CC(C)(C)OC(=O)c1ccc(NC(=O)[C@@H]2NCC[C@@H]2C2CCCCC2)cc1F.Cl. The Balaban J connectivity index is 0.00000300. The van der Waals surface area contributed by atoms with Crippen molar-refractivity contribution in [2.24, 2.45) is 11.8 Å². The zero-order valence-electron chi connectivity index (χ0n) is 17.4. The lowest BCUT2D eigenvalue weighted by molar-refractivity contribution is -0.119. The van der Waals surface area contributed by atoms with Crippen molar-refractivity contribution in [3.05, 3.63) is 29.6 Å². The Kier molecular flexibility index (Phi) is 8.06. The molecule has 0 unspecified atom stereocenters. The highest BCUT2D eigenvalue weighted by Gasteiger charge is 2.38. The average Bonchev–Trinajstić information content (AvgIpc) is 3.11. The van der Waals surface area contributed by atoms with E-state index in [-0.39, 0.29) is 29.9 Å². The van der Waals surface area contributed by atoms with Crippen molar-refractivity contribution >= 4 is 30.0 Å². The van der Waals surface area contributed by atoms with E-state index in [4.69, 9.17) is 4.74 Å². The van der Waals surface area contributed by atoms with Gasteiger partial charge in [-0.3, -0.25) is 4.79 Å². The molecule has 7 heteroatoms. The van der Waals surface area contributed by atoms with Crippen LogP contribution in [-0.4, -0.2) is 30.1 Å². The molecular weight excluding hydrogens is 395 g/mol. The highest BCUT2D eigenvalue weighted by molar-refractivity contribution is 5.96. The number of benzene rings is 1. The smallest absolute Gasteiger partial charge is 0.341 e. The molecule has 2 N–H and O–H groups in total. The van der Waals surface area contributed by atoms with Gasteiger partial charge in [-0.2, -0.15) is 0 Å². The first kappa shape index (κ1) is 23.6. The predicted molar refractivity (Wildman–Crippen MR) is 114 cm³/mol. The molecule has 2 aliphatic rings. The Labute approximate surface area is 178 Å². The van der Waals surface area contributed by atoms with E-state index in [0.29, 0.717) is 17.5 Å². The normalized spacial score (nSPS) is 22.6. The number of anilines is 1. The van der Waals surface area contributed by atoms with Gasteiger partial charge in [0.25, 0.3) is 0 Å². The first-order chi connectivity index (χ1) is 13.2. The summed E-state index contributed by atoms with van der Waals surface area (Å²) in [6.45, 7) is 6.03. The number of halogens is 2. The molecule has 1 aromatic rings. The van der Waals surface area contributed by atoms with Crippen molar-refractivity contribution in [3.8, 4) is 0 Å². The number of amides is 1. The molecule has 5 nitrogen and oxygen atoms in total. The molecule has 29 heavy (non-hydrogen) atoms. The van der Waals surface area contributed by atoms with Gasteiger partial charge in [0.1, 0.15) is 11.4 Å². The summed E-state index contributed by atoms with van der Waals surface area (Å²) in [7, 11) is 0. The second-order valence-electron chi connectivity index (χ2n) is 8.97. The molecule has 1 saturated carbocycles. The first-order valence-corrected chi connectivity index (χ1v) is 10.3. The van der Waals surface area contributed by atoms with Crippen LogP contribution in [0.5, 0.6) is 0 Å². The summed E-state index contributed by atoms with van der Waals surface area (Å²) in [4.78, 5) is 24.9. The van der Waals surface area contributed by atoms with Gasteiger partial charge in [-0.25, -0.2) is 9.18 Å². The van der Waals surface area contributed by atoms with E-state index in [0.717, 1.165) is 13.0 Å². The van der Waals surface area contributed by atoms with E-state index in [1.165, 1.54) is 44.2 Å². The fourth-order valence-corrected chi connectivity index (χ4v) is 4.39. The van der Waals surface area contributed by atoms with Gasteiger partial charge in [-0.05, 0) is 63.8 Å². The number of carbonyl (C=O) groups excluding carboxylic acids is 2. The number of carbonyl (C=O) groups is 2. The molecule has 1 aliphatic carbocycles. The molecular formula is C22H32ClFN2O3. The van der Waals surface area contributed by atoms with Crippen molar-refractivity contribution in [1.29, 1.82) is 0 Å². The first-order valence-electron chi connectivity index (χ1n) is 10.3. The fraction of sp³-hybridized carbons (Fsp3) is 0.636. The van der Waals surface area contributed by atoms with Crippen LogP contribution in [0.15, 0.2) is 18.2 Å². The quantitative estimate of drug-likeness (QED) is 0.685. The maximum Gasteiger partial charge on any atom is 0.341 e. The highest BCUT2D eigenvalue weighted by atomic mass is 35.5. The molecule has 2 fully saturated rings. The summed E-state index contributed by atoms with van der Waals surface area (Å²) in [5.41, 5.74) is -0.475. The van der Waals surface area contributed by atoms with E-state index >= 15 is 0 Å². The number of hydrogen-bond acceptors (Lipinski definition) is 4. The summed E-state index contributed by atoms with van der Waals surface area (Å²) in [6, 6.07) is 3.85. The van der Waals surface area contributed by atoms with Crippen molar-refractivity contribution in [3.63, 3.8) is 0 Å². The minimum atomic E-state index is -0.710. The van der Waals surface area contributed by atoms with E-state index < -0.39 is 17.4 Å². The number of rotatable bonds is 4. The Hall–Kier alpha value is -1.66. The predicted octanol–water partition coefficient (Wildman–Crippen LogP) is 4.70. The van der Waals surface area contributed by atoms with Crippen molar-refractivity contribution in [1.82, 2.24) is 5.32 Å². The number of nitrogens with one attached hydrogen (secondary N) is 2. The van der Waals surface area contributed by atoms with Gasteiger partial charge >= 0.3 is 5.97 Å². The fourth-order valence-electron chi connectivity index (χ4n) is 4.39. The minimum Gasteiger partial charge on any atom is -0.456 e. The van der Waals surface area contributed by atoms with Crippen LogP contribution < -0.4 is 10.6 Å². The lowest BCUT2D eigenvalue weighted by atomic mass is 9.76. The minimum absolute atomic E-state index is 0. The van der Waals surface area contributed by atoms with Crippen LogP contribution in [0.1, 0.15) is 69.7 Å². The molecule has 1 amide bonds. The van der Waals surface area contributed by atoms with Gasteiger partial charge in [-0.15, -0.1) is 12.4 Å². The van der Waals surface area contributed by atoms with Crippen LogP contribution in [0.2, 0.25) is 0 Å². The zero-order chi connectivity index (χ0) is 20.3. The van der Waals surface area contributed by atoms with Gasteiger partial charge in [0, 0.05) is 5.69 Å². The van der Waals surface area contributed by atoms with Gasteiger partial charge in [0.2, 0.25) is 5.91 Å². The summed E-state index contributed by atoms with van der Waals surface area (Å²) in [5, 5.41) is 6.13. The van der Waals surface area contributed by atoms with Crippen LogP contribution in [0.3, 0.4) is 0 Å². The molecule has 1 aliphatic heterocycles. The second-order valence-corrected chi connectivity index (χ2v) is 8.97. The maximum atomic E-state index is 14.4. The lowest BCUT2D eigenvalue weighted by Crippen LogP contribution is -2.42. The van der Waals surface area contributed by atoms with E-state index in [1.807, 2.05) is 0 Å². The molecule has 0 aromatic heterocycles. The third-order valence-electron chi connectivity index (χ3n) is 5.66. The topological polar surface area (TPSA) is 67.4 Å². The van der Waals surface area contributed by atoms with E-state index in [2.05, 4.69) is 10.6 Å². The molecule has 0 spiro atoms. The summed E-state index contributed by atoms with van der Waals surface area (Å²) in [6.07, 6.45) is 7.16. The second kappa shape index (κ2) is 9.90. The summed E-state index contributed by atoms with van der Waals surface area (Å²) < 4.78 is 19.6. The highest BCUT2D eigenvalue weighted by Crippen LogP contribution is 2.36. The molecule has 0 bridgehead atoms. The molecule has 162 valence electrons. The van der Waals surface area contributed by atoms with Crippen molar-refractivity contribution < 1.29 is 18.7 Å². The van der Waals surface area contributed by atoms with E-state index in [1.54, 1.807) is 26.8 Å². The maximum absolute atomic E-state index is 14.4. The molecule has 0 radical (unpaired) electrons. The van der Waals surface area contributed by atoms with Crippen LogP contribution in [-0.2, 0) is 9.53 Å². The van der Waals surface area contributed by atoms with Gasteiger partial charge in [-0.1, -0.05) is 32.1 Å². The van der Waals surface area contributed by atoms with E-state index in [9.17, 15) is 14.0 Å². The Bertz CT molecular complexity index is 729. The van der Waals surface area contributed by atoms with Gasteiger partial charge < -0.3 is 15.4 Å². The molecule has 1 aromatic carbocycles. The number of hydrogen-bond donors (Lipinski definition) is 2. The molecule has 3 rings (SSSR count). The summed E-state index contributed by atoms with van der Waals surface area (Å²) >= 11 is 0. The Morgan fingerprint density at radius 2 is 1.83 bits per heavy atom. The monoisotopic (exact) mass is 426 g/mol. The number of ether oxygens (including phenoxy) is 1. The van der Waals surface area contributed by atoms with Gasteiger partial charge in [0.05, 0.1) is 11.6 Å². The Morgan fingerprint density at radius 3 is 2.45 bits per heavy atom. The Morgan fingerprint density at radius 1 is 1.14 bits per heavy atom. The van der Waals surface area contributed by atoms with Crippen LogP contribution in [0, 0.1) is 17.7 Å². The zero-order valence-corrected chi connectivity index (χ0v) is 18.2. The third kappa shape index (κ3) is 6.16. The van der Waals surface area contributed by atoms with Crippen molar-refractivity contribution in [2.45, 2.75) is 70.9 Å². The van der Waals surface area contributed by atoms with Crippen LogP contribution in [0.4, 0.5) is 10.1 Å². The molecule has 2 atom stereocenters. The van der Waals surface area contributed by atoms with Gasteiger partial charge in [0.15, 0.2) is 0 Å². The third-order valence-corrected chi connectivity index (χ3v) is 5.66. The summed E-state index contributed by atoms with van der Waals surface area (Å²) in [5.74, 6) is -0.609. The molecule has 1 heterocycles. The largest absolute Gasteiger partial charge is 0.456 e. The van der Waals surface area contributed by atoms with Crippen LogP contribution in [0.25, 0.3) is 0 Å². The lowest BCUT2D eigenvalue weighted by Gasteiger charge is -2.30. The average molecular weight is 427 g/mol. The standard InChI is InChI=1S/C22H31FN2O3.ClH/c1-22(2,3)28-21(27)17-10-9-15(13-18(17)23)25-20(26)19-16(11-12-24-19)14-7-5-4-6-8-14;/h9-10,13-14,16,19,24H,4-8,11-12H2,1-3H3,(H,25,26);1H/t16-,19-;/m1./s1.